The maximum absolute atomic E-state index is 12.8. The number of amides is 1. The molecule has 3 atom stereocenters. The van der Waals surface area contributed by atoms with Gasteiger partial charge in [-0.05, 0) is 70.3 Å². The molecule has 1 aromatic carbocycles. The Kier molecular flexibility index (Phi) is 10.6. The number of hydrogen-bond acceptors (Lipinski definition) is 4. The van der Waals surface area contributed by atoms with Crippen LogP contribution in [-0.2, 0) is 15.7 Å². The van der Waals surface area contributed by atoms with Crippen LogP contribution in [0.2, 0.25) is 18.1 Å². The molecule has 1 saturated heterocycles. The minimum atomic E-state index is -1.93. The molecule has 1 amide bonds. The molecule has 0 bridgehead atoms. The van der Waals surface area contributed by atoms with Crippen molar-refractivity contribution in [1.29, 1.82) is 0 Å². The summed E-state index contributed by atoms with van der Waals surface area (Å²) in [6.07, 6.45) is 3.36. The first kappa shape index (κ1) is 30.3. The molecular formula is C30H50N2O3Si. The SMILES string of the molecule is C=C(C)[C@H]1CN(Cc2ccccc2)[C@H](CO[Si](C)(C)C(C)(C)C)[C@H]1/C=C\OC(=O)N(C(C)C)C(C)C. The van der Waals surface area contributed by atoms with E-state index >= 15 is 0 Å². The largest absolute Gasteiger partial charge is 0.418 e. The molecular weight excluding hydrogens is 464 g/mol. The molecule has 0 aliphatic carbocycles. The quantitative estimate of drug-likeness (QED) is 0.184. The van der Waals surface area contributed by atoms with E-state index in [-0.39, 0.29) is 41.1 Å². The second-order valence-electron chi connectivity index (χ2n) is 12.4. The third-order valence-electron chi connectivity index (χ3n) is 7.88. The van der Waals surface area contributed by atoms with E-state index in [1.165, 1.54) is 5.56 Å². The van der Waals surface area contributed by atoms with Crippen molar-refractivity contribution in [3.05, 3.63) is 60.4 Å². The maximum atomic E-state index is 12.8. The first-order valence-electron chi connectivity index (χ1n) is 13.4. The molecule has 6 heteroatoms. The fourth-order valence-corrected chi connectivity index (χ4v) is 5.78. The highest BCUT2D eigenvalue weighted by Crippen LogP contribution is 2.40. The topological polar surface area (TPSA) is 42.0 Å². The van der Waals surface area contributed by atoms with Crippen molar-refractivity contribution in [2.45, 2.75) is 98.2 Å². The Labute approximate surface area is 221 Å². The van der Waals surface area contributed by atoms with E-state index in [0.29, 0.717) is 6.61 Å². The van der Waals surface area contributed by atoms with E-state index in [2.05, 4.69) is 88.7 Å². The molecule has 1 fully saturated rings. The van der Waals surface area contributed by atoms with Gasteiger partial charge >= 0.3 is 6.09 Å². The molecule has 1 heterocycles. The lowest BCUT2D eigenvalue weighted by Gasteiger charge is -2.38. The van der Waals surface area contributed by atoms with Crippen LogP contribution in [0, 0.1) is 11.8 Å². The van der Waals surface area contributed by atoms with Crippen LogP contribution in [0.1, 0.15) is 61.0 Å². The normalized spacial score (nSPS) is 21.5. The minimum Gasteiger partial charge on any atom is -0.418 e. The van der Waals surface area contributed by atoms with E-state index < -0.39 is 8.32 Å². The van der Waals surface area contributed by atoms with Crippen LogP contribution in [0.3, 0.4) is 0 Å². The summed E-state index contributed by atoms with van der Waals surface area (Å²) in [5, 5.41) is 0.141. The Morgan fingerprint density at radius 3 is 2.25 bits per heavy atom. The van der Waals surface area contributed by atoms with Crippen molar-refractivity contribution in [2.75, 3.05) is 13.2 Å². The third kappa shape index (κ3) is 7.80. The maximum Gasteiger partial charge on any atom is 0.415 e. The summed E-state index contributed by atoms with van der Waals surface area (Å²) in [5.74, 6) is 0.415. The molecule has 36 heavy (non-hydrogen) atoms. The van der Waals surface area contributed by atoms with Crippen molar-refractivity contribution in [3.63, 3.8) is 0 Å². The number of hydrogen-bond donors (Lipinski definition) is 0. The van der Waals surface area contributed by atoms with Crippen molar-refractivity contribution in [3.8, 4) is 0 Å². The second-order valence-corrected chi connectivity index (χ2v) is 17.2. The number of ether oxygens (including phenoxy) is 1. The number of likely N-dealkylation sites (tertiary alicyclic amines) is 1. The van der Waals surface area contributed by atoms with Gasteiger partial charge in [0.15, 0.2) is 8.32 Å². The Balaban J connectivity index is 2.31. The predicted octanol–water partition coefficient (Wildman–Crippen LogP) is 7.47. The van der Waals surface area contributed by atoms with Crippen LogP contribution in [-0.4, -0.2) is 55.5 Å². The van der Waals surface area contributed by atoms with Crippen LogP contribution in [0.5, 0.6) is 0 Å². The van der Waals surface area contributed by atoms with Gasteiger partial charge in [0, 0.05) is 37.1 Å². The Bertz CT molecular complexity index is 881. The lowest BCUT2D eigenvalue weighted by Crippen LogP contribution is -2.45. The van der Waals surface area contributed by atoms with Crippen LogP contribution in [0.25, 0.3) is 0 Å². The molecule has 0 saturated carbocycles. The van der Waals surface area contributed by atoms with Gasteiger partial charge in [-0.25, -0.2) is 4.79 Å². The van der Waals surface area contributed by atoms with Crippen LogP contribution in [0.4, 0.5) is 4.79 Å². The summed E-state index contributed by atoms with van der Waals surface area (Å²) < 4.78 is 12.4. The van der Waals surface area contributed by atoms with Crippen LogP contribution >= 0.6 is 0 Å². The highest BCUT2D eigenvalue weighted by molar-refractivity contribution is 6.74. The standard InChI is InChI=1S/C30H50N2O3Si/c1-22(2)27-20-31(19-25-15-13-12-14-16-25)28(21-35-36(10,11)30(7,8)9)26(27)17-18-34-29(33)32(23(3)4)24(5)6/h12-18,23-24,26-28H,1,19-21H2,2-11H3/b18-17-/t26-,27+,28+/m0/s1. The van der Waals surface area contributed by atoms with Crippen LogP contribution in [0.15, 0.2) is 54.8 Å². The van der Waals surface area contributed by atoms with Gasteiger partial charge < -0.3 is 14.1 Å². The number of carbonyl (C=O) groups is 1. The average molecular weight is 515 g/mol. The van der Waals surface area contributed by atoms with Gasteiger partial charge in [-0.15, -0.1) is 0 Å². The van der Waals surface area contributed by atoms with Gasteiger partial charge in [0.05, 0.1) is 12.9 Å². The van der Waals surface area contributed by atoms with E-state index in [0.717, 1.165) is 18.7 Å². The number of carbonyl (C=O) groups excluding carboxylic acids is 1. The van der Waals surface area contributed by atoms with Gasteiger partial charge in [-0.3, -0.25) is 4.90 Å². The minimum absolute atomic E-state index is 0.0765. The highest BCUT2D eigenvalue weighted by Gasteiger charge is 2.44. The zero-order valence-electron chi connectivity index (χ0n) is 24.4. The number of nitrogens with zero attached hydrogens (tertiary/aromatic N) is 2. The van der Waals surface area contributed by atoms with Crippen molar-refractivity contribution < 1.29 is 14.0 Å². The third-order valence-corrected chi connectivity index (χ3v) is 12.4. The predicted molar refractivity (Wildman–Crippen MR) is 153 cm³/mol. The van der Waals surface area contributed by atoms with Crippen molar-refractivity contribution in [1.82, 2.24) is 9.80 Å². The smallest absolute Gasteiger partial charge is 0.415 e. The molecule has 0 spiro atoms. The Hall–Kier alpha value is -1.89. The van der Waals surface area contributed by atoms with E-state index in [1.54, 1.807) is 11.2 Å². The summed E-state index contributed by atoms with van der Waals surface area (Å²) in [7, 11) is -1.93. The highest BCUT2D eigenvalue weighted by atomic mass is 28.4. The summed E-state index contributed by atoms with van der Waals surface area (Å²) in [5.41, 5.74) is 2.44. The fraction of sp³-hybridized carbons (Fsp3) is 0.633. The zero-order valence-corrected chi connectivity index (χ0v) is 25.4. The lowest BCUT2D eigenvalue weighted by molar-refractivity contribution is 0.108. The van der Waals surface area contributed by atoms with Gasteiger partial charge in [0.1, 0.15) is 0 Å². The van der Waals surface area contributed by atoms with E-state index in [1.807, 2.05) is 27.7 Å². The first-order chi connectivity index (χ1) is 16.7. The summed E-state index contributed by atoms with van der Waals surface area (Å²) in [6.45, 7) is 28.3. The molecule has 0 radical (unpaired) electrons. The second kappa shape index (κ2) is 12.6. The zero-order chi connectivity index (χ0) is 27.3. The van der Waals surface area contributed by atoms with Crippen molar-refractivity contribution in [2.24, 2.45) is 11.8 Å². The molecule has 202 valence electrons. The van der Waals surface area contributed by atoms with Gasteiger partial charge in [0.25, 0.3) is 0 Å². The monoisotopic (exact) mass is 514 g/mol. The molecule has 1 aliphatic rings. The Morgan fingerprint density at radius 1 is 1.17 bits per heavy atom. The van der Waals surface area contributed by atoms with E-state index in [4.69, 9.17) is 9.16 Å². The summed E-state index contributed by atoms with van der Waals surface area (Å²) in [4.78, 5) is 17.1. The van der Waals surface area contributed by atoms with E-state index in [9.17, 15) is 4.79 Å². The lowest BCUT2D eigenvalue weighted by atomic mass is 9.86. The first-order valence-corrected chi connectivity index (χ1v) is 16.3. The average Bonchev–Trinajstić information content (AvgIpc) is 3.09. The van der Waals surface area contributed by atoms with Crippen molar-refractivity contribution >= 4 is 14.4 Å². The molecule has 2 rings (SSSR count). The summed E-state index contributed by atoms with van der Waals surface area (Å²) in [6, 6.07) is 10.9. The number of benzene rings is 1. The van der Waals surface area contributed by atoms with Gasteiger partial charge in [-0.2, -0.15) is 0 Å². The Morgan fingerprint density at radius 2 is 1.75 bits per heavy atom. The number of rotatable bonds is 10. The molecule has 0 N–H and O–H groups in total. The molecule has 5 nitrogen and oxygen atoms in total. The van der Waals surface area contributed by atoms with Gasteiger partial charge in [0.2, 0.25) is 0 Å². The van der Waals surface area contributed by atoms with Crippen LogP contribution < -0.4 is 0 Å². The molecule has 1 aliphatic heterocycles. The molecule has 0 aromatic heterocycles. The fourth-order valence-electron chi connectivity index (χ4n) is 4.76. The summed E-state index contributed by atoms with van der Waals surface area (Å²) >= 11 is 0. The molecule has 1 aromatic rings. The molecule has 0 unspecified atom stereocenters. The van der Waals surface area contributed by atoms with Gasteiger partial charge in [-0.1, -0.05) is 63.3 Å².